The predicted molar refractivity (Wildman–Crippen MR) is 108 cm³/mol. The minimum atomic E-state index is -0.179. The lowest BCUT2D eigenvalue weighted by Crippen LogP contribution is -2.43. The van der Waals surface area contributed by atoms with Crippen LogP contribution in [0, 0.1) is 0 Å². The molecular formula is C21H34N4O2. The molecule has 27 heavy (non-hydrogen) atoms. The number of unbranched alkanes of at least 4 members (excludes halogenated alkanes) is 2. The van der Waals surface area contributed by atoms with Crippen molar-refractivity contribution in [2.24, 2.45) is 5.73 Å². The first kappa shape index (κ1) is 21.2. The third kappa shape index (κ3) is 8.91. The minimum Gasteiger partial charge on any atom is -0.354 e. The van der Waals surface area contributed by atoms with Crippen molar-refractivity contribution < 1.29 is 9.59 Å². The number of rotatable bonds is 10. The van der Waals surface area contributed by atoms with Gasteiger partial charge in [0.15, 0.2) is 0 Å². The SMILES string of the molecule is NC(CNC(=O)CCCCCNC(=O)NC1CCCCC1)c1ccccc1. The van der Waals surface area contributed by atoms with Crippen molar-refractivity contribution in [2.45, 2.75) is 69.9 Å². The molecule has 0 heterocycles. The van der Waals surface area contributed by atoms with E-state index in [4.69, 9.17) is 5.73 Å². The van der Waals surface area contributed by atoms with Crippen molar-refractivity contribution in [1.82, 2.24) is 16.0 Å². The molecule has 0 bridgehead atoms. The van der Waals surface area contributed by atoms with E-state index >= 15 is 0 Å². The Labute approximate surface area is 162 Å². The molecule has 1 aromatic carbocycles. The van der Waals surface area contributed by atoms with Crippen LogP contribution in [0.4, 0.5) is 4.79 Å². The van der Waals surface area contributed by atoms with Gasteiger partial charge in [0, 0.05) is 31.6 Å². The lowest BCUT2D eigenvalue weighted by molar-refractivity contribution is -0.121. The van der Waals surface area contributed by atoms with E-state index in [-0.39, 0.29) is 18.0 Å². The first-order valence-electron chi connectivity index (χ1n) is 10.3. The summed E-state index contributed by atoms with van der Waals surface area (Å²) in [6, 6.07) is 9.87. The van der Waals surface area contributed by atoms with E-state index in [0.29, 0.717) is 25.6 Å². The molecule has 1 atom stereocenters. The number of nitrogens with two attached hydrogens (primary N) is 1. The zero-order chi connectivity index (χ0) is 19.3. The summed E-state index contributed by atoms with van der Waals surface area (Å²) in [4.78, 5) is 23.7. The smallest absolute Gasteiger partial charge is 0.315 e. The summed E-state index contributed by atoms with van der Waals surface area (Å²) in [6.45, 7) is 1.10. The quantitative estimate of drug-likeness (QED) is 0.474. The maximum atomic E-state index is 11.9. The molecule has 0 aliphatic heterocycles. The van der Waals surface area contributed by atoms with Crippen molar-refractivity contribution in [3.8, 4) is 0 Å². The molecule has 6 nitrogen and oxygen atoms in total. The van der Waals surface area contributed by atoms with Gasteiger partial charge < -0.3 is 21.7 Å². The van der Waals surface area contributed by atoms with Crippen LogP contribution in [0.15, 0.2) is 30.3 Å². The zero-order valence-corrected chi connectivity index (χ0v) is 16.2. The third-order valence-electron chi connectivity index (χ3n) is 5.05. The highest BCUT2D eigenvalue weighted by atomic mass is 16.2. The molecule has 6 heteroatoms. The first-order chi connectivity index (χ1) is 13.1. The van der Waals surface area contributed by atoms with Crippen molar-refractivity contribution >= 4 is 11.9 Å². The number of hydrogen-bond acceptors (Lipinski definition) is 3. The Balaban J connectivity index is 1.45. The van der Waals surface area contributed by atoms with Gasteiger partial charge in [0.25, 0.3) is 0 Å². The Morgan fingerprint density at radius 2 is 1.74 bits per heavy atom. The molecule has 1 aliphatic rings. The number of hydrogen-bond donors (Lipinski definition) is 4. The molecule has 0 saturated heterocycles. The molecule has 2 rings (SSSR count). The predicted octanol–water partition coefficient (Wildman–Crippen LogP) is 2.99. The van der Waals surface area contributed by atoms with Gasteiger partial charge in [0.1, 0.15) is 0 Å². The van der Waals surface area contributed by atoms with E-state index in [1.807, 2.05) is 30.3 Å². The lowest BCUT2D eigenvalue weighted by atomic mass is 9.96. The van der Waals surface area contributed by atoms with Crippen LogP contribution in [0.1, 0.15) is 69.4 Å². The fourth-order valence-electron chi connectivity index (χ4n) is 3.40. The van der Waals surface area contributed by atoms with Crippen LogP contribution in [0.25, 0.3) is 0 Å². The molecule has 1 saturated carbocycles. The van der Waals surface area contributed by atoms with Crippen LogP contribution >= 0.6 is 0 Å². The average molecular weight is 375 g/mol. The van der Waals surface area contributed by atoms with E-state index in [0.717, 1.165) is 37.7 Å². The van der Waals surface area contributed by atoms with E-state index in [2.05, 4.69) is 16.0 Å². The summed E-state index contributed by atoms with van der Waals surface area (Å²) in [7, 11) is 0. The molecule has 1 fully saturated rings. The number of urea groups is 1. The normalized spacial score (nSPS) is 15.7. The van der Waals surface area contributed by atoms with Gasteiger partial charge in [-0.15, -0.1) is 0 Å². The Kier molecular flexibility index (Phi) is 9.69. The van der Waals surface area contributed by atoms with Crippen LogP contribution < -0.4 is 21.7 Å². The molecule has 0 radical (unpaired) electrons. The highest BCUT2D eigenvalue weighted by Gasteiger charge is 2.15. The van der Waals surface area contributed by atoms with Crippen LogP contribution in [-0.4, -0.2) is 31.1 Å². The second kappa shape index (κ2) is 12.3. The van der Waals surface area contributed by atoms with Crippen LogP contribution in [0.2, 0.25) is 0 Å². The summed E-state index contributed by atoms with van der Waals surface area (Å²) >= 11 is 0. The van der Waals surface area contributed by atoms with Gasteiger partial charge in [-0.3, -0.25) is 4.79 Å². The number of benzene rings is 1. The molecule has 0 aromatic heterocycles. The number of carbonyl (C=O) groups is 2. The summed E-state index contributed by atoms with van der Waals surface area (Å²) in [6.07, 6.45) is 9.01. The van der Waals surface area contributed by atoms with Gasteiger partial charge >= 0.3 is 6.03 Å². The Morgan fingerprint density at radius 3 is 2.48 bits per heavy atom. The minimum absolute atomic E-state index is 0.0318. The largest absolute Gasteiger partial charge is 0.354 e. The van der Waals surface area contributed by atoms with Crippen molar-refractivity contribution in [2.75, 3.05) is 13.1 Å². The molecular weight excluding hydrogens is 340 g/mol. The Bertz CT molecular complexity index is 559. The molecule has 5 N–H and O–H groups in total. The van der Waals surface area contributed by atoms with Gasteiger partial charge in [0.05, 0.1) is 0 Å². The maximum Gasteiger partial charge on any atom is 0.315 e. The van der Waals surface area contributed by atoms with E-state index in [9.17, 15) is 9.59 Å². The third-order valence-corrected chi connectivity index (χ3v) is 5.05. The molecule has 150 valence electrons. The molecule has 1 unspecified atom stereocenters. The van der Waals surface area contributed by atoms with Crippen molar-refractivity contribution in [1.29, 1.82) is 0 Å². The average Bonchev–Trinajstić information content (AvgIpc) is 2.70. The topological polar surface area (TPSA) is 96.2 Å². The van der Waals surface area contributed by atoms with Gasteiger partial charge in [-0.2, -0.15) is 0 Å². The number of nitrogens with one attached hydrogen (secondary N) is 3. The highest BCUT2D eigenvalue weighted by Crippen LogP contribution is 2.17. The second-order valence-electron chi connectivity index (χ2n) is 7.37. The van der Waals surface area contributed by atoms with E-state index < -0.39 is 0 Å². The molecule has 1 aliphatic carbocycles. The lowest BCUT2D eigenvalue weighted by Gasteiger charge is -2.22. The monoisotopic (exact) mass is 374 g/mol. The van der Waals surface area contributed by atoms with Gasteiger partial charge in [-0.25, -0.2) is 4.79 Å². The first-order valence-corrected chi connectivity index (χ1v) is 10.3. The molecule has 0 spiro atoms. The Hall–Kier alpha value is -2.08. The summed E-state index contributed by atoms with van der Waals surface area (Å²) in [5.74, 6) is 0.0318. The van der Waals surface area contributed by atoms with Crippen molar-refractivity contribution in [3.63, 3.8) is 0 Å². The Morgan fingerprint density at radius 1 is 1.00 bits per heavy atom. The summed E-state index contributed by atoms with van der Waals surface area (Å²) in [5, 5.41) is 8.84. The summed E-state index contributed by atoms with van der Waals surface area (Å²) < 4.78 is 0. The maximum absolute atomic E-state index is 11.9. The van der Waals surface area contributed by atoms with Crippen LogP contribution in [0.3, 0.4) is 0 Å². The van der Waals surface area contributed by atoms with Gasteiger partial charge in [0.2, 0.25) is 5.91 Å². The van der Waals surface area contributed by atoms with Gasteiger partial charge in [-0.05, 0) is 31.2 Å². The molecule has 3 amide bonds. The van der Waals surface area contributed by atoms with Gasteiger partial charge in [-0.1, -0.05) is 56.0 Å². The zero-order valence-electron chi connectivity index (χ0n) is 16.2. The highest BCUT2D eigenvalue weighted by molar-refractivity contribution is 5.75. The number of carbonyl (C=O) groups excluding carboxylic acids is 2. The second-order valence-corrected chi connectivity index (χ2v) is 7.37. The van der Waals surface area contributed by atoms with E-state index in [1.165, 1.54) is 19.3 Å². The standard InChI is InChI=1S/C21H34N4O2/c22-19(17-10-4-1-5-11-17)16-24-20(26)14-8-3-9-15-23-21(27)25-18-12-6-2-7-13-18/h1,4-5,10-11,18-19H,2-3,6-9,12-16,22H2,(H,24,26)(H2,23,25,27). The fraction of sp³-hybridized carbons (Fsp3) is 0.619. The summed E-state index contributed by atoms with van der Waals surface area (Å²) in [5.41, 5.74) is 7.10. The number of amides is 3. The molecule has 1 aromatic rings. The van der Waals surface area contributed by atoms with Crippen molar-refractivity contribution in [3.05, 3.63) is 35.9 Å². The van der Waals surface area contributed by atoms with Crippen LogP contribution in [0.5, 0.6) is 0 Å². The van der Waals surface area contributed by atoms with Crippen LogP contribution in [-0.2, 0) is 4.79 Å². The van der Waals surface area contributed by atoms with E-state index in [1.54, 1.807) is 0 Å². The fourth-order valence-corrected chi connectivity index (χ4v) is 3.40.